The molecule has 4 aromatic rings. The highest BCUT2D eigenvalue weighted by atomic mass is 32.1. The van der Waals surface area contributed by atoms with Gasteiger partial charge in [0.2, 0.25) is 5.91 Å². The molecule has 4 heterocycles. The number of amides is 1. The van der Waals surface area contributed by atoms with E-state index in [2.05, 4.69) is 20.4 Å². The van der Waals surface area contributed by atoms with E-state index < -0.39 is 0 Å². The summed E-state index contributed by atoms with van der Waals surface area (Å²) in [6.07, 6.45) is 3.44. The maximum absolute atomic E-state index is 12.3. The molecule has 0 radical (unpaired) electrons. The van der Waals surface area contributed by atoms with Crippen LogP contribution < -0.4 is 5.32 Å². The highest BCUT2D eigenvalue weighted by Crippen LogP contribution is 2.24. The molecule has 4 rings (SSSR count). The lowest BCUT2D eigenvalue weighted by Gasteiger charge is -2.04. The Morgan fingerprint density at radius 2 is 2.32 bits per heavy atom. The van der Waals surface area contributed by atoms with E-state index >= 15 is 0 Å². The largest absolute Gasteiger partial charge is 0.462 e. The molecule has 1 N–H and O–H groups in total. The van der Waals surface area contributed by atoms with Crippen LogP contribution in [-0.2, 0) is 18.3 Å². The minimum atomic E-state index is -0.140. The van der Waals surface area contributed by atoms with Gasteiger partial charge in [-0.05, 0) is 25.1 Å². The van der Waals surface area contributed by atoms with Gasteiger partial charge in [-0.3, -0.25) is 9.48 Å². The summed E-state index contributed by atoms with van der Waals surface area (Å²) in [5.41, 5.74) is 3.03. The van der Waals surface area contributed by atoms with Crippen LogP contribution in [0.2, 0.25) is 0 Å². The summed E-state index contributed by atoms with van der Waals surface area (Å²) in [4.78, 5) is 21.1. The first-order valence-electron chi connectivity index (χ1n) is 7.67. The Bertz CT molecular complexity index is 1050. The number of anilines is 1. The molecule has 0 aliphatic carbocycles. The standard InChI is InChI=1S/C17H15N5O2S/c1-10-13-6-11(8-18-16(13)22(2)21-10)19-15(23)7-12-9-25-17(20-12)14-4-3-5-24-14/h3-6,8-9H,7H2,1-2H3,(H,19,23). The number of nitrogens with one attached hydrogen (secondary N) is 1. The number of nitrogens with zero attached hydrogens (tertiary/aromatic N) is 4. The smallest absolute Gasteiger partial charge is 0.230 e. The number of hydrogen-bond acceptors (Lipinski definition) is 6. The van der Waals surface area contributed by atoms with Crippen molar-refractivity contribution in [3.63, 3.8) is 0 Å². The molecule has 0 aliphatic rings. The zero-order chi connectivity index (χ0) is 17.4. The van der Waals surface area contributed by atoms with Crippen molar-refractivity contribution in [2.75, 3.05) is 5.32 Å². The summed E-state index contributed by atoms with van der Waals surface area (Å²) < 4.78 is 7.04. The molecular formula is C17H15N5O2S. The zero-order valence-corrected chi connectivity index (χ0v) is 14.5. The SMILES string of the molecule is Cc1nn(C)c2ncc(NC(=O)Cc3csc(-c4ccco4)n3)cc12. The van der Waals surface area contributed by atoms with Gasteiger partial charge in [-0.2, -0.15) is 5.10 Å². The van der Waals surface area contributed by atoms with Crippen LogP contribution in [0.5, 0.6) is 0 Å². The average Bonchev–Trinajstić information content (AvgIpc) is 3.29. The lowest BCUT2D eigenvalue weighted by Crippen LogP contribution is -2.14. The molecular weight excluding hydrogens is 338 g/mol. The van der Waals surface area contributed by atoms with Gasteiger partial charge in [0.25, 0.3) is 0 Å². The number of furan rings is 1. The average molecular weight is 353 g/mol. The summed E-state index contributed by atoms with van der Waals surface area (Å²) in [6.45, 7) is 1.92. The van der Waals surface area contributed by atoms with Crippen molar-refractivity contribution in [2.45, 2.75) is 13.3 Å². The number of hydrogen-bond donors (Lipinski definition) is 1. The van der Waals surface area contributed by atoms with Gasteiger partial charge in [0.15, 0.2) is 16.4 Å². The van der Waals surface area contributed by atoms with Crippen LogP contribution >= 0.6 is 11.3 Å². The third-order valence-corrected chi connectivity index (χ3v) is 4.68. The molecule has 0 aliphatic heterocycles. The fourth-order valence-electron chi connectivity index (χ4n) is 2.65. The molecule has 7 nitrogen and oxygen atoms in total. The molecule has 1 amide bonds. The zero-order valence-electron chi connectivity index (χ0n) is 13.7. The number of carbonyl (C=O) groups excluding carboxylic acids is 1. The molecule has 25 heavy (non-hydrogen) atoms. The third kappa shape index (κ3) is 3.03. The fraction of sp³-hybridized carbons (Fsp3) is 0.176. The van der Waals surface area contributed by atoms with Crippen molar-refractivity contribution in [3.8, 4) is 10.8 Å². The summed E-state index contributed by atoms with van der Waals surface area (Å²) >= 11 is 1.45. The first-order valence-corrected chi connectivity index (χ1v) is 8.55. The third-order valence-electron chi connectivity index (χ3n) is 3.77. The van der Waals surface area contributed by atoms with Gasteiger partial charge >= 0.3 is 0 Å². The van der Waals surface area contributed by atoms with Crippen molar-refractivity contribution in [1.82, 2.24) is 19.7 Å². The second-order valence-corrected chi connectivity index (χ2v) is 6.51. The van der Waals surface area contributed by atoms with Crippen molar-refractivity contribution < 1.29 is 9.21 Å². The minimum absolute atomic E-state index is 0.140. The van der Waals surface area contributed by atoms with Crippen molar-refractivity contribution in [3.05, 3.63) is 47.4 Å². The first-order chi connectivity index (χ1) is 12.1. The lowest BCUT2D eigenvalue weighted by molar-refractivity contribution is -0.115. The van der Waals surface area contributed by atoms with Gasteiger partial charge in [0, 0.05) is 17.8 Å². The molecule has 8 heteroatoms. The van der Waals surface area contributed by atoms with E-state index in [1.54, 1.807) is 17.1 Å². The van der Waals surface area contributed by atoms with E-state index in [9.17, 15) is 4.79 Å². The maximum atomic E-state index is 12.3. The quantitative estimate of drug-likeness (QED) is 0.609. The van der Waals surface area contributed by atoms with Crippen molar-refractivity contribution in [2.24, 2.45) is 7.05 Å². The molecule has 0 fully saturated rings. The molecule has 0 spiro atoms. The summed E-state index contributed by atoms with van der Waals surface area (Å²) in [5, 5.41) is 10.8. The first kappa shape index (κ1) is 15.5. The molecule has 0 atom stereocenters. The Morgan fingerprint density at radius 3 is 3.12 bits per heavy atom. The van der Waals surface area contributed by atoms with Crippen molar-refractivity contribution >= 4 is 34.0 Å². The highest BCUT2D eigenvalue weighted by Gasteiger charge is 2.12. The number of aromatic nitrogens is 4. The molecule has 0 saturated heterocycles. The van der Waals surface area contributed by atoms with Gasteiger partial charge in [-0.15, -0.1) is 11.3 Å². The van der Waals surface area contributed by atoms with E-state index in [0.29, 0.717) is 17.1 Å². The Balaban J connectivity index is 1.48. The summed E-state index contributed by atoms with van der Waals surface area (Å²) in [7, 11) is 1.85. The van der Waals surface area contributed by atoms with Crippen LogP contribution in [0.25, 0.3) is 21.8 Å². The van der Waals surface area contributed by atoms with Crippen LogP contribution in [-0.4, -0.2) is 25.7 Å². The number of aryl methyl sites for hydroxylation is 2. The highest BCUT2D eigenvalue weighted by molar-refractivity contribution is 7.13. The van der Waals surface area contributed by atoms with E-state index in [0.717, 1.165) is 21.7 Å². The normalized spacial score (nSPS) is 11.1. The Labute approximate surface area is 147 Å². The van der Waals surface area contributed by atoms with E-state index in [-0.39, 0.29) is 12.3 Å². The fourth-order valence-corrected chi connectivity index (χ4v) is 3.43. The van der Waals surface area contributed by atoms with Gasteiger partial charge in [-0.1, -0.05) is 0 Å². The van der Waals surface area contributed by atoms with E-state index in [1.807, 2.05) is 37.6 Å². The predicted molar refractivity (Wildman–Crippen MR) is 95.4 cm³/mol. The van der Waals surface area contributed by atoms with E-state index in [1.165, 1.54) is 11.3 Å². The van der Waals surface area contributed by atoms with Gasteiger partial charge in [0.05, 0.1) is 36.0 Å². The van der Waals surface area contributed by atoms with E-state index in [4.69, 9.17) is 4.42 Å². The van der Waals surface area contributed by atoms with Crippen molar-refractivity contribution in [1.29, 1.82) is 0 Å². The van der Waals surface area contributed by atoms with Gasteiger partial charge in [0.1, 0.15) is 0 Å². The topological polar surface area (TPSA) is 85.8 Å². The molecule has 126 valence electrons. The number of fused-ring (bicyclic) bond motifs is 1. The number of carbonyl (C=O) groups is 1. The van der Waals surface area contributed by atoms with Gasteiger partial charge in [-0.25, -0.2) is 9.97 Å². The second kappa shape index (κ2) is 6.14. The van der Waals surface area contributed by atoms with Crippen LogP contribution in [0.1, 0.15) is 11.4 Å². The van der Waals surface area contributed by atoms with Crippen LogP contribution in [0.15, 0.2) is 40.5 Å². The molecule has 0 saturated carbocycles. The second-order valence-electron chi connectivity index (χ2n) is 5.65. The number of rotatable bonds is 4. The Hall–Kier alpha value is -3.00. The lowest BCUT2D eigenvalue weighted by atomic mass is 10.2. The number of pyridine rings is 1. The summed E-state index contributed by atoms with van der Waals surface area (Å²) in [5.74, 6) is 0.567. The molecule has 0 bridgehead atoms. The van der Waals surface area contributed by atoms with Gasteiger partial charge < -0.3 is 9.73 Å². The number of thiazole rings is 1. The monoisotopic (exact) mass is 353 g/mol. The molecule has 0 unspecified atom stereocenters. The van der Waals surface area contributed by atoms with Crippen LogP contribution in [0.4, 0.5) is 5.69 Å². The predicted octanol–water partition coefficient (Wildman–Crippen LogP) is 3.17. The minimum Gasteiger partial charge on any atom is -0.462 e. The summed E-state index contributed by atoms with van der Waals surface area (Å²) in [6, 6.07) is 5.55. The Kier molecular flexibility index (Phi) is 3.81. The maximum Gasteiger partial charge on any atom is 0.230 e. The molecule has 0 aromatic carbocycles. The van der Waals surface area contributed by atoms with Crippen LogP contribution in [0.3, 0.4) is 0 Å². The van der Waals surface area contributed by atoms with Crippen LogP contribution in [0, 0.1) is 6.92 Å². The Morgan fingerprint density at radius 1 is 1.44 bits per heavy atom. The molecule has 4 aromatic heterocycles.